The predicted octanol–water partition coefficient (Wildman–Crippen LogP) is 4.62. The van der Waals surface area contributed by atoms with Gasteiger partial charge in [0.15, 0.2) is 11.9 Å². The number of nitrogens with zero attached hydrogens (tertiary/aromatic N) is 1. The van der Waals surface area contributed by atoms with Crippen molar-refractivity contribution in [3.8, 4) is 5.75 Å². The van der Waals surface area contributed by atoms with Crippen molar-refractivity contribution < 1.29 is 14.5 Å². The van der Waals surface area contributed by atoms with Gasteiger partial charge in [-0.05, 0) is 43.7 Å². The Kier molecular flexibility index (Phi) is 5.64. The van der Waals surface area contributed by atoms with Crippen molar-refractivity contribution in [2.24, 2.45) is 0 Å². The van der Waals surface area contributed by atoms with Crippen molar-refractivity contribution in [3.63, 3.8) is 0 Å². The molecule has 2 aromatic rings. The van der Waals surface area contributed by atoms with Crippen LogP contribution in [0.15, 0.2) is 36.4 Å². The van der Waals surface area contributed by atoms with Crippen LogP contribution in [0, 0.1) is 17.0 Å². The van der Waals surface area contributed by atoms with Crippen molar-refractivity contribution >= 4 is 40.5 Å². The largest absolute Gasteiger partial charge is 0.474 e. The highest BCUT2D eigenvalue weighted by molar-refractivity contribution is 6.36. The molecule has 0 bridgehead atoms. The first-order chi connectivity index (χ1) is 11.3. The summed E-state index contributed by atoms with van der Waals surface area (Å²) in [6, 6.07) is 9.16. The van der Waals surface area contributed by atoms with Crippen LogP contribution >= 0.6 is 23.2 Å². The third kappa shape index (κ3) is 4.37. The van der Waals surface area contributed by atoms with Crippen molar-refractivity contribution in [1.82, 2.24) is 0 Å². The second-order valence-corrected chi connectivity index (χ2v) is 5.95. The lowest BCUT2D eigenvalue weighted by Gasteiger charge is -2.15. The number of benzene rings is 2. The van der Waals surface area contributed by atoms with Gasteiger partial charge in [-0.15, -0.1) is 0 Å². The van der Waals surface area contributed by atoms with Crippen LogP contribution in [0.5, 0.6) is 5.75 Å². The SMILES string of the molecule is Cc1ccc(O[C@@H](C)C(=O)Nc2ccc(Cl)cc2Cl)c([N+](=O)[O-])c1. The summed E-state index contributed by atoms with van der Waals surface area (Å²) in [5.41, 5.74) is 0.901. The van der Waals surface area contributed by atoms with E-state index in [-0.39, 0.29) is 16.5 Å². The van der Waals surface area contributed by atoms with Crippen LogP contribution in [-0.2, 0) is 4.79 Å². The molecule has 1 amide bonds. The molecule has 0 aliphatic carbocycles. The highest BCUT2D eigenvalue weighted by Crippen LogP contribution is 2.29. The number of carbonyl (C=O) groups excluding carboxylic acids is 1. The Morgan fingerprint density at radius 2 is 1.96 bits per heavy atom. The summed E-state index contributed by atoms with van der Waals surface area (Å²) < 4.78 is 5.44. The molecule has 1 atom stereocenters. The summed E-state index contributed by atoms with van der Waals surface area (Å²) in [5, 5.41) is 14.4. The average Bonchev–Trinajstić information content (AvgIpc) is 2.51. The number of anilines is 1. The fourth-order valence-corrected chi connectivity index (χ4v) is 2.39. The molecule has 6 nitrogen and oxygen atoms in total. The highest BCUT2D eigenvalue weighted by atomic mass is 35.5. The number of aryl methyl sites for hydroxylation is 1. The Hall–Kier alpha value is -2.31. The maximum absolute atomic E-state index is 12.2. The Morgan fingerprint density at radius 1 is 1.25 bits per heavy atom. The molecule has 0 radical (unpaired) electrons. The van der Waals surface area contributed by atoms with Crippen molar-refractivity contribution in [2.75, 3.05) is 5.32 Å². The Labute approximate surface area is 148 Å². The van der Waals surface area contributed by atoms with Crippen LogP contribution in [0.2, 0.25) is 10.0 Å². The lowest BCUT2D eigenvalue weighted by atomic mass is 10.2. The van der Waals surface area contributed by atoms with E-state index in [1.807, 2.05) is 0 Å². The molecule has 126 valence electrons. The standard InChI is InChI=1S/C16H14Cl2N2O4/c1-9-3-6-15(14(7-9)20(22)23)24-10(2)16(21)19-13-5-4-11(17)8-12(13)18/h3-8,10H,1-2H3,(H,19,21)/t10-/m0/s1. The molecule has 0 aromatic heterocycles. The summed E-state index contributed by atoms with van der Waals surface area (Å²) in [7, 11) is 0. The predicted molar refractivity (Wildman–Crippen MR) is 93.0 cm³/mol. The summed E-state index contributed by atoms with van der Waals surface area (Å²) >= 11 is 11.8. The molecule has 0 fully saturated rings. The molecule has 2 rings (SSSR count). The number of carbonyl (C=O) groups is 1. The van der Waals surface area contributed by atoms with Crippen molar-refractivity contribution in [3.05, 3.63) is 62.1 Å². The van der Waals surface area contributed by atoms with Gasteiger partial charge in [0.2, 0.25) is 0 Å². The van der Waals surface area contributed by atoms with Gasteiger partial charge in [0.05, 0.1) is 15.6 Å². The van der Waals surface area contributed by atoms with Crippen LogP contribution in [0.25, 0.3) is 0 Å². The Balaban J connectivity index is 2.13. The van der Waals surface area contributed by atoms with Gasteiger partial charge in [-0.2, -0.15) is 0 Å². The van der Waals surface area contributed by atoms with E-state index in [1.165, 1.54) is 25.1 Å². The first-order valence-corrected chi connectivity index (χ1v) is 7.71. The molecule has 0 aliphatic rings. The zero-order valence-electron chi connectivity index (χ0n) is 12.9. The number of nitro groups is 1. The van der Waals surface area contributed by atoms with Gasteiger partial charge >= 0.3 is 5.69 Å². The lowest BCUT2D eigenvalue weighted by Crippen LogP contribution is -2.30. The summed E-state index contributed by atoms with van der Waals surface area (Å²) in [6.45, 7) is 3.22. The van der Waals surface area contributed by atoms with Crippen LogP contribution < -0.4 is 10.1 Å². The van der Waals surface area contributed by atoms with E-state index in [0.717, 1.165) is 5.56 Å². The number of nitro benzene ring substituents is 1. The van der Waals surface area contributed by atoms with Gasteiger partial charge in [-0.1, -0.05) is 29.3 Å². The second kappa shape index (κ2) is 7.51. The normalized spacial score (nSPS) is 11.7. The third-order valence-electron chi connectivity index (χ3n) is 3.17. The Bertz CT molecular complexity index is 796. The van der Waals surface area contributed by atoms with Gasteiger partial charge in [0.1, 0.15) is 0 Å². The van der Waals surface area contributed by atoms with Gasteiger partial charge in [0, 0.05) is 11.1 Å². The number of nitrogens with one attached hydrogen (secondary N) is 1. The smallest absolute Gasteiger partial charge is 0.311 e. The molecule has 0 aliphatic heterocycles. The molecule has 2 aromatic carbocycles. The molecular formula is C16H14Cl2N2O4. The number of amides is 1. The molecule has 0 saturated carbocycles. The van der Waals surface area contributed by atoms with E-state index in [4.69, 9.17) is 27.9 Å². The van der Waals surface area contributed by atoms with Gasteiger partial charge in [-0.25, -0.2) is 0 Å². The molecule has 0 unspecified atom stereocenters. The quantitative estimate of drug-likeness (QED) is 0.616. The van der Waals surface area contributed by atoms with Gasteiger partial charge in [-0.3, -0.25) is 14.9 Å². The minimum absolute atomic E-state index is 0.0236. The molecule has 0 saturated heterocycles. The van der Waals surface area contributed by atoms with E-state index < -0.39 is 16.9 Å². The Morgan fingerprint density at radius 3 is 2.58 bits per heavy atom. The minimum atomic E-state index is -0.960. The van der Waals surface area contributed by atoms with Crippen molar-refractivity contribution in [1.29, 1.82) is 0 Å². The van der Waals surface area contributed by atoms with Crippen molar-refractivity contribution in [2.45, 2.75) is 20.0 Å². The van der Waals surface area contributed by atoms with E-state index >= 15 is 0 Å². The topological polar surface area (TPSA) is 81.5 Å². The summed E-state index contributed by atoms with van der Waals surface area (Å²) in [5.74, 6) is -0.468. The summed E-state index contributed by atoms with van der Waals surface area (Å²) in [6.07, 6.45) is -0.960. The van der Waals surface area contributed by atoms with Crippen LogP contribution in [0.1, 0.15) is 12.5 Å². The second-order valence-electron chi connectivity index (χ2n) is 5.10. The molecular weight excluding hydrogens is 355 g/mol. The van der Waals surface area contributed by atoms with E-state index in [2.05, 4.69) is 5.32 Å². The van der Waals surface area contributed by atoms with E-state index in [0.29, 0.717) is 10.7 Å². The van der Waals surface area contributed by atoms with E-state index in [1.54, 1.807) is 25.1 Å². The first-order valence-electron chi connectivity index (χ1n) is 6.95. The fourth-order valence-electron chi connectivity index (χ4n) is 1.94. The van der Waals surface area contributed by atoms with Gasteiger partial charge < -0.3 is 10.1 Å². The average molecular weight is 369 g/mol. The molecule has 0 heterocycles. The van der Waals surface area contributed by atoms with E-state index in [9.17, 15) is 14.9 Å². The maximum Gasteiger partial charge on any atom is 0.311 e. The maximum atomic E-state index is 12.2. The number of hydrogen-bond donors (Lipinski definition) is 1. The lowest BCUT2D eigenvalue weighted by molar-refractivity contribution is -0.386. The molecule has 8 heteroatoms. The van der Waals surface area contributed by atoms with Crippen LogP contribution in [0.4, 0.5) is 11.4 Å². The monoisotopic (exact) mass is 368 g/mol. The number of halogens is 2. The summed E-state index contributed by atoms with van der Waals surface area (Å²) in [4.78, 5) is 22.7. The zero-order chi connectivity index (χ0) is 17.9. The molecule has 24 heavy (non-hydrogen) atoms. The molecule has 0 spiro atoms. The number of ether oxygens (including phenoxy) is 1. The first kappa shape index (κ1) is 18.0. The number of hydrogen-bond acceptors (Lipinski definition) is 4. The third-order valence-corrected chi connectivity index (χ3v) is 3.72. The van der Waals surface area contributed by atoms with Crippen LogP contribution in [-0.4, -0.2) is 16.9 Å². The fraction of sp³-hybridized carbons (Fsp3) is 0.188. The number of rotatable bonds is 5. The van der Waals surface area contributed by atoms with Gasteiger partial charge in [0.25, 0.3) is 5.91 Å². The highest BCUT2D eigenvalue weighted by Gasteiger charge is 2.21. The molecule has 1 N–H and O–H groups in total. The zero-order valence-corrected chi connectivity index (χ0v) is 14.4. The van der Waals surface area contributed by atoms with Crippen LogP contribution in [0.3, 0.4) is 0 Å². The minimum Gasteiger partial charge on any atom is -0.474 e.